The summed E-state index contributed by atoms with van der Waals surface area (Å²) in [6, 6.07) is 15.0. The number of hydrogen-bond donors (Lipinski definition) is 0. The highest BCUT2D eigenvalue weighted by Crippen LogP contribution is 2.32. The molecule has 0 amide bonds. The Hall–Kier alpha value is -3.06. The van der Waals surface area contributed by atoms with Gasteiger partial charge < -0.3 is 9.15 Å². The minimum Gasteiger partial charge on any atom is -0.496 e. The molecule has 0 spiro atoms. The molecule has 2 heterocycles. The molecule has 0 radical (unpaired) electrons. The number of oxazole rings is 1. The summed E-state index contributed by atoms with van der Waals surface area (Å²) in [4.78, 5) is 21.8. The smallest absolute Gasteiger partial charge is 0.261 e. The Bertz CT molecular complexity index is 1210. The molecule has 6 nitrogen and oxygen atoms in total. The first kappa shape index (κ1) is 18.3. The Morgan fingerprint density at radius 1 is 1.11 bits per heavy atom. The highest BCUT2D eigenvalue weighted by Gasteiger charge is 2.16. The Balaban J connectivity index is 1.63. The number of methoxy groups -OCH3 is 1. The zero-order valence-electron chi connectivity index (χ0n) is 15.8. The van der Waals surface area contributed by atoms with Crippen LogP contribution in [0, 0.1) is 6.92 Å². The van der Waals surface area contributed by atoms with E-state index in [1.165, 1.54) is 11.8 Å². The molecule has 2 aromatic carbocycles. The van der Waals surface area contributed by atoms with Crippen LogP contribution in [0.15, 0.2) is 62.9 Å². The van der Waals surface area contributed by atoms with Crippen LogP contribution in [0.25, 0.3) is 22.4 Å². The van der Waals surface area contributed by atoms with Crippen molar-refractivity contribution in [2.75, 3.05) is 7.11 Å². The van der Waals surface area contributed by atoms with E-state index in [2.05, 4.69) is 9.97 Å². The van der Waals surface area contributed by atoms with Crippen molar-refractivity contribution >= 4 is 22.7 Å². The molecule has 0 fully saturated rings. The lowest BCUT2D eigenvalue weighted by Crippen LogP contribution is -2.19. The van der Waals surface area contributed by atoms with Gasteiger partial charge >= 0.3 is 0 Å². The number of para-hydroxylation sites is 2. The van der Waals surface area contributed by atoms with E-state index in [4.69, 9.17) is 9.15 Å². The molecule has 0 atom stereocenters. The summed E-state index contributed by atoms with van der Waals surface area (Å²) < 4.78 is 12.8. The summed E-state index contributed by atoms with van der Waals surface area (Å²) in [5.74, 6) is 2.51. The maximum atomic E-state index is 12.5. The number of benzene rings is 2. The summed E-state index contributed by atoms with van der Waals surface area (Å²) in [6.07, 6.45) is 0. The van der Waals surface area contributed by atoms with Gasteiger partial charge in [-0.3, -0.25) is 9.36 Å². The molecule has 0 saturated carbocycles. The molecular weight excluding hydrogens is 374 g/mol. The Kier molecular flexibility index (Phi) is 4.92. The first-order chi connectivity index (χ1) is 13.6. The topological polar surface area (TPSA) is 70.2 Å². The second-order valence-corrected chi connectivity index (χ2v) is 7.23. The van der Waals surface area contributed by atoms with Crippen LogP contribution in [-0.4, -0.2) is 21.6 Å². The molecule has 0 unspecified atom stereocenters. The van der Waals surface area contributed by atoms with E-state index in [1.807, 2.05) is 49.4 Å². The molecule has 0 aliphatic carbocycles. The van der Waals surface area contributed by atoms with Crippen molar-refractivity contribution in [2.45, 2.75) is 17.8 Å². The molecule has 4 aromatic rings. The van der Waals surface area contributed by atoms with Gasteiger partial charge in [0.2, 0.25) is 5.89 Å². The van der Waals surface area contributed by atoms with E-state index >= 15 is 0 Å². The van der Waals surface area contributed by atoms with E-state index < -0.39 is 0 Å². The second kappa shape index (κ2) is 7.52. The van der Waals surface area contributed by atoms with Gasteiger partial charge in [-0.05, 0) is 31.2 Å². The average Bonchev–Trinajstić information content (AvgIpc) is 3.10. The third-order valence-corrected chi connectivity index (χ3v) is 5.55. The maximum Gasteiger partial charge on any atom is 0.261 e. The lowest BCUT2D eigenvalue weighted by Gasteiger charge is -2.07. The van der Waals surface area contributed by atoms with E-state index in [0.29, 0.717) is 33.5 Å². The molecule has 0 N–H and O–H groups in total. The molecule has 142 valence electrons. The molecule has 0 aliphatic heterocycles. The molecule has 0 aliphatic rings. The predicted molar refractivity (Wildman–Crippen MR) is 110 cm³/mol. The fourth-order valence-electron chi connectivity index (χ4n) is 2.96. The number of hydrogen-bond acceptors (Lipinski definition) is 6. The van der Waals surface area contributed by atoms with E-state index in [0.717, 1.165) is 17.0 Å². The maximum absolute atomic E-state index is 12.5. The number of aromatic nitrogens is 3. The number of thioether (sulfide) groups is 1. The number of rotatable bonds is 5. The number of ether oxygens (including phenoxy) is 1. The van der Waals surface area contributed by atoms with Crippen LogP contribution in [-0.2, 0) is 12.8 Å². The molecule has 0 bridgehead atoms. The summed E-state index contributed by atoms with van der Waals surface area (Å²) in [7, 11) is 3.36. The van der Waals surface area contributed by atoms with Gasteiger partial charge in [0.15, 0.2) is 5.16 Å². The van der Waals surface area contributed by atoms with Gasteiger partial charge in [0.1, 0.15) is 11.5 Å². The molecule has 2 aromatic heterocycles. The standard InChI is InChI=1S/C21H19N3O3S/c1-13-17(22-19(27-13)15-9-5-7-11-18(15)26-3)12-28-21-23-16-10-6-4-8-14(16)20(25)24(21)2/h4-11H,12H2,1-3H3. The summed E-state index contributed by atoms with van der Waals surface area (Å²) in [5.41, 5.74) is 2.26. The summed E-state index contributed by atoms with van der Waals surface area (Å²) in [5, 5.41) is 1.26. The monoisotopic (exact) mass is 393 g/mol. The van der Waals surface area contributed by atoms with Crippen molar-refractivity contribution in [3.63, 3.8) is 0 Å². The summed E-state index contributed by atoms with van der Waals surface area (Å²) in [6.45, 7) is 1.88. The molecule has 4 rings (SSSR count). The van der Waals surface area contributed by atoms with Crippen molar-refractivity contribution in [2.24, 2.45) is 7.05 Å². The Labute approximate surface area is 166 Å². The minimum atomic E-state index is -0.0558. The second-order valence-electron chi connectivity index (χ2n) is 6.29. The van der Waals surface area contributed by atoms with Crippen LogP contribution in [0.3, 0.4) is 0 Å². The van der Waals surface area contributed by atoms with E-state index in [-0.39, 0.29) is 5.56 Å². The number of nitrogens with zero attached hydrogens (tertiary/aromatic N) is 3. The van der Waals surface area contributed by atoms with Gasteiger partial charge in [-0.2, -0.15) is 0 Å². The third kappa shape index (κ3) is 3.29. The predicted octanol–water partition coefficient (Wildman–Crippen LogP) is 4.20. The van der Waals surface area contributed by atoms with Gasteiger partial charge in [0, 0.05) is 12.8 Å². The van der Waals surface area contributed by atoms with Crippen LogP contribution >= 0.6 is 11.8 Å². The fraction of sp³-hybridized carbons (Fsp3) is 0.190. The third-order valence-electron chi connectivity index (χ3n) is 4.51. The highest BCUT2D eigenvalue weighted by molar-refractivity contribution is 7.98. The van der Waals surface area contributed by atoms with Gasteiger partial charge in [-0.25, -0.2) is 9.97 Å². The Morgan fingerprint density at radius 2 is 1.86 bits per heavy atom. The van der Waals surface area contributed by atoms with Crippen LogP contribution in [0.1, 0.15) is 11.5 Å². The van der Waals surface area contributed by atoms with E-state index in [1.54, 1.807) is 24.8 Å². The van der Waals surface area contributed by atoms with Gasteiger partial charge in [0.25, 0.3) is 5.56 Å². The minimum absolute atomic E-state index is 0.0558. The average molecular weight is 393 g/mol. The lowest BCUT2D eigenvalue weighted by molar-refractivity contribution is 0.414. The molecule has 28 heavy (non-hydrogen) atoms. The Morgan fingerprint density at radius 3 is 2.68 bits per heavy atom. The molecule has 7 heteroatoms. The van der Waals surface area contributed by atoms with Crippen molar-refractivity contribution in [3.05, 3.63) is 70.3 Å². The van der Waals surface area contributed by atoms with Crippen molar-refractivity contribution in [3.8, 4) is 17.2 Å². The first-order valence-electron chi connectivity index (χ1n) is 8.76. The largest absolute Gasteiger partial charge is 0.496 e. The van der Waals surface area contributed by atoms with Crippen molar-refractivity contribution in [1.29, 1.82) is 0 Å². The van der Waals surface area contributed by atoms with Crippen molar-refractivity contribution in [1.82, 2.24) is 14.5 Å². The van der Waals surface area contributed by atoms with Crippen LogP contribution < -0.4 is 10.3 Å². The zero-order chi connectivity index (χ0) is 19.7. The first-order valence-corrected chi connectivity index (χ1v) is 9.75. The quantitative estimate of drug-likeness (QED) is 0.374. The van der Waals surface area contributed by atoms with Gasteiger partial charge in [-0.15, -0.1) is 0 Å². The van der Waals surface area contributed by atoms with Crippen molar-refractivity contribution < 1.29 is 9.15 Å². The number of fused-ring (bicyclic) bond motifs is 1. The lowest BCUT2D eigenvalue weighted by atomic mass is 10.2. The van der Waals surface area contributed by atoms with Gasteiger partial charge in [0.05, 0.1) is 29.3 Å². The van der Waals surface area contributed by atoms with Crippen LogP contribution in [0.5, 0.6) is 5.75 Å². The van der Waals surface area contributed by atoms with Crippen LogP contribution in [0.2, 0.25) is 0 Å². The van der Waals surface area contributed by atoms with Gasteiger partial charge in [-0.1, -0.05) is 36.0 Å². The molecular formula is C21H19N3O3S. The highest BCUT2D eigenvalue weighted by atomic mass is 32.2. The number of aryl methyl sites for hydroxylation is 1. The molecule has 0 saturated heterocycles. The normalized spacial score (nSPS) is 11.1. The SMILES string of the molecule is COc1ccccc1-c1nc(CSc2nc3ccccc3c(=O)n2C)c(C)o1. The van der Waals surface area contributed by atoms with Crippen LogP contribution in [0.4, 0.5) is 0 Å². The summed E-state index contributed by atoms with van der Waals surface area (Å²) >= 11 is 1.46. The fourth-order valence-corrected chi connectivity index (χ4v) is 3.93. The zero-order valence-corrected chi connectivity index (χ0v) is 16.6. The van der Waals surface area contributed by atoms with E-state index in [9.17, 15) is 4.79 Å².